The molecule has 0 bridgehead atoms. The summed E-state index contributed by atoms with van der Waals surface area (Å²) in [6.45, 7) is 4.74. The minimum Gasteiger partial charge on any atom is -0.480 e. The number of aromatic nitrogens is 1. The fourth-order valence-electron chi connectivity index (χ4n) is 4.16. The highest BCUT2D eigenvalue weighted by Crippen LogP contribution is 2.53. The number of carboxylic acid groups (broad SMARTS) is 2. The summed E-state index contributed by atoms with van der Waals surface area (Å²) in [5, 5.41) is 22.6. The number of carboxylic acids is 2. The number of carbonyl (C=O) groups is 3. The van der Waals surface area contributed by atoms with Crippen LogP contribution in [0.25, 0.3) is 5.57 Å². The van der Waals surface area contributed by atoms with Crippen LogP contribution in [0.2, 0.25) is 0 Å². The van der Waals surface area contributed by atoms with E-state index in [0.717, 1.165) is 5.56 Å². The van der Waals surface area contributed by atoms with Gasteiger partial charge in [0.1, 0.15) is 0 Å². The molecule has 2 unspecified atom stereocenters. The van der Waals surface area contributed by atoms with Gasteiger partial charge in [-0.15, -0.1) is 11.3 Å². The number of hydrogen-bond acceptors (Lipinski definition) is 6. The lowest BCUT2D eigenvalue weighted by Gasteiger charge is -2.39. The molecule has 8 heteroatoms. The van der Waals surface area contributed by atoms with Crippen molar-refractivity contribution in [2.45, 2.75) is 33.2 Å². The predicted octanol–water partition coefficient (Wildman–Crippen LogP) is 3.15. The number of benzene rings is 1. The number of allylic oxidation sites excluding steroid dienone is 2. The van der Waals surface area contributed by atoms with Gasteiger partial charge in [0.2, 0.25) is 0 Å². The molecule has 0 fully saturated rings. The van der Waals surface area contributed by atoms with Crippen molar-refractivity contribution in [2.75, 3.05) is 0 Å². The Hall–Kier alpha value is -3.10. The SMILES string of the molecule is CC(=O)C1(C(=O)O)C(C)=CC(c2cccc(CN)c2)=C(C(=O)O)C1c1csc(C)n1. The molecule has 1 aromatic carbocycles. The minimum atomic E-state index is -2.05. The van der Waals surface area contributed by atoms with Gasteiger partial charge < -0.3 is 15.9 Å². The Balaban J connectivity index is 2.44. The van der Waals surface area contributed by atoms with Crippen LogP contribution in [-0.2, 0) is 20.9 Å². The van der Waals surface area contributed by atoms with Gasteiger partial charge in [-0.2, -0.15) is 0 Å². The van der Waals surface area contributed by atoms with E-state index in [0.29, 0.717) is 16.1 Å². The van der Waals surface area contributed by atoms with Gasteiger partial charge in [-0.25, -0.2) is 9.78 Å². The average molecular weight is 426 g/mol. The molecule has 2 atom stereocenters. The number of aliphatic carboxylic acids is 2. The minimum absolute atomic E-state index is 0.169. The van der Waals surface area contributed by atoms with Crippen LogP contribution in [0.4, 0.5) is 0 Å². The molecule has 1 heterocycles. The van der Waals surface area contributed by atoms with E-state index in [4.69, 9.17) is 5.73 Å². The molecule has 0 saturated heterocycles. The van der Waals surface area contributed by atoms with Gasteiger partial charge in [0.05, 0.1) is 22.2 Å². The summed E-state index contributed by atoms with van der Waals surface area (Å²) < 4.78 is 0. The van der Waals surface area contributed by atoms with Gasteiger partial charge in [-0.05, 0) is 49.1 Å². The number of aryl methyl sites for hydroxylation is 1. The van der Waals surface area contributed by atoms with Crippen molar-refractivity contribution < 1.29 is 24.6 Å². The standard InChI is InChI=1S/C22H22N2O5S/c1-11-7-16(15-6-4-5-14(8-15)9-23)18(20(26)27)19(17-10-30-13(3)24-17)22(11,12(2)25)21(28)29/h4-8,10,19H,9,23H2,1-3H3,(H,26,27)(H,28,29). The third-order valence-corrected chi connectivity index (χ3v) is 6.32. The zero-order valence-corrected chi connectivity index (χ0v) is 17.6. The summed E-state index contributed by atoms with van der Waals surface area (Å²) in [5.74, 6) is -4.60. The van der Waals surface area contributed by atoms with E-state index in [1.807, 2.05) is 6.07 Å². The zero-order valence-electron chi connectivity index (χ0n) is 16.8. The molecule has 0 saturated carbocycles. The Morgan fingerprint density at radius 2 is 1.93 bits per heavy atom. The highest BCUT2D eigenvalue weighted by Gasteiger charge is 2.58. The fourth-order valence-corrected chi connectivity index (χ4v) is 4.80. The van der Waals surface area contributed by atoms with Gasteiger partial charge in [-0.1, -0.05) is 24.3 Å². The van der Waals surface area contributed by atoms with Crippen LogP contribution in [-0.4, -0.2) is 32.9 Å². The lowest BCUT2D eigenvalue weighted by Crippen LogP contribution is -2.48. The Bertz CT molecular complexity index is 1100. The van der Waals surface area contributed by atoms with E-state index >= 15 is 0 Å². The van der Waals surface area contributed by atoms with Crippen molar-refractivity contribution >= 4 is 34.6 Å². The van der Waals surface area contributed by atoms with Crippen LogP contribution in [0.15, 0.2) is 46.9 Å². The first kappa shape index (κ1) is 21.6. The smallest absolute Gasteiger partial charge is 0.332 e. The first-order valence-corrected chi connectivity index (χ1v) is 10.1. The fraction of sp³-hybridized carbons (Fsp3) is 0.273. The van der Waals surface area contributed by atoms with E-state index in [1.54, 1.807) is 37.4 Å². The number of thiazole rings is 1. The summed E-state index contributed by atoms with van der Waals surface area (Å²) >= 11 is 1.27. The molecule has 1 aliphatic rings. The van der Waals surface area contributed by atoms with Gasteiger partial charge in [-0.3, -0.25) is 9.59 Å². The molecule has 1 aliphatic carbocycles. The van der Waals surface area contributed by atoms with Crippen LogP contribution >= 0.6 is 11.3 Å². The Labute approximate surface area is 177 Å². The van der Waals surface area contributed by atoms with Gasteiger partial charge in [0.15, 0.2) is 11.2 Å². The molecular formula is C22H22N2O5S. The van der Waals surface area contributed by atoms with Crippen molar-refractivity contribution in [1.29, 1.82) is 0 Å². The summed E-state index contributed by atoms with van der Waals surface area (Å²) in [6, 6.07) is 7.10. The maximum absolute atomic E-state index is 12.8. The highest BCUT2D eigenvalue weighted by molar-refractivity contribution is 7.09. The molecular weight excluding hydrogens is 404 g/mol. The molecule has 1 aromatic heterocycles. The maximum Gasteiger partial charge on any atom is 0.332 e. The monoisotopic (exact) mass is 426 g/mol. The quantitative estimate of drug-likeness (QED) is 0.605. The predicted molar refractivity (Wildman–Crippen MR) is 113 cm³/mol. The number of Topliss-reactive ketones (excluding diaryl/α,β-unsaturated/α-hetero) is 1. The topological polar surface area (TPSA) is 131 Å². The normalized spacial score (nSPS) is 21.3. The molecule has 7 nitrogen and oxygen atoms in total. The van der Waals surface area contributed by atoms with Gasteiger partial charge in [0, 0.05) is 11.9 Å². The second-order valence-electron chi connectivity index (χ2n) is 7.26. The van der Waals surface area contributed by atoms with Crippen molar-refractivity contribution in [2.24, 2.45) is 11.1 Å². The van der Waals surface area contributed by atoms with Crippen LogP contribution in [0.5, 0.6) is 0 Å². The first-order valence-electron chi connectivity index (χ1n) is 9.26. The molecule has 0 radical (unpaired) electrons. The number of hydrogen-bond donors (Lipinski definition) is 3. The van der Waals surface area contributed by atoms with E-state index in [9.17, 15) is 24.6 Å². The molecule has 0 spiro atoms. The summed E-state index contributed by atoms with van der Waals surface area (Å²) in [5.41, 5.74) is 5.78. The second-order valence-corrected chi connectivity index (χ2v) is 8.32. The average Bonchev–Trinajstić information content (AvgIpc) is 3.12. The number of rotatable bonds is 6. The van der Waals surface area contributed by atoms with E-state index in [2.05, 4.69) is 4.98 Å². The number of nitrogens with two attached hydrogens (primary N) is 1. The zero-order chi connectivity index (χ0) is 22.2. The summed E-state index contributed by atoms with van der Waals surface area (Å²) in [7, 11) is 0. The summed E-state index contributed by atoms with van der Waals surface area (Å²) in [4.78, 5) is 42.2. The Morgan fingerprint density at radius 3 is 2.43 bits per heavy atom. The molecule has 156 valence electrons. The Kier molecular flexibility index (Phi) is 5.74. The lowest BCUT2D eigenvalue weighted by molar-refractivity contribution is -0.152. The van der Waals surface area contributed by atoms with Crippen LogP contribution < -0.4 is 5.73 Å². The van der Waals surface area contributed by atoms with Crippen LogP contribution in [0, 0.1) is 12.3 Å². The molecule has 0 amide bonds. The lowest BCUT2D eigenvalue weighted by atomic mass is 9.59. The van der Waals surface area contributed by atoms with Gasteiger partial charge >= 0.3 is 11.9 Å². The largest absolute Gasteiger partial charge is 0.480 e. The van der Waals surface area contributed by atoms with Gasteiger partial charge in [0.25, 0.3) is 0 Å². The second kappa shape index (κ2) is 7.97. The molecule has 3 rings (SSSR count). The van der Waals surface area contributed by atoms with Crippen LogP contribution in [0.3, 0.4) is 0 Å². The number of ketones is 1. The third kappa shape index (κ3) is 3.28. The Morgan fingerprint density at radius 1 is 1.23 bits per heavy atom. The van der Waals surface area contributed by atoms with Crippen molar-refractivity contribution in [3.63, 3.8) is 0 Å². The van der Waals surface area contributed by atoms with E-state index in [1.165, 1.54) is 24.3 Å². The van der Waals surface area contributed by atoms with Crippen molar-refractivity contribution in [1.82, 2.24) is 4.98 Å². The molecule has 30 heavy (non-hydrogen) atoms. The van der Waals surface area contributed by atoms with E-state index < -0.39 is 29.1 Å². The molecule has 2 aromatic rings. The van der Waals surface area contributed by atoms with E-state index in [-0.39, 0.29) is 23.4 Å². The first-order chi connectivity index (χ1) is 14.1. The number of carbonyl (C=O) groups excluding carboxylic acids is 1. The van der Waals surface area contributed by atoms with Crippen molar-refractivity contribution in [3.05, 3.63) is 68.7 Å². The maximum atomic E-state index is 12.8. The third-order valence-electron chi connectivity index (χ3n) is 5.52. The van der Waals surface area contributed by atoms with Crippen LogP contribution in [0.1, 0.15) is 41.6 Å². The highest BCUT2D eigenvalue weighted by atomic mass is 32.1. The molecule has 0 aliphatic heterocycles. The molecule has 4 N–H and O–H groups in total. The summed E-state index contributed by atoms with van der Waals surface area (Å²) in [6.07, 6.45) is 1.49. The number of nitrogens with zero attached hydrogens (tertiary/aromatic N) is 1. The van der Waals surface area contributed by atoms with Crippen molar-refractivity contribution in [3.8, 4) is 0 Å².